The monoisotopic (exact) mass is 816 g/mol. The summed E-state index contributed by atoms with van der Waals surface area (Å²) in [6.07, 6.45) is 1.51. The van der Waals surface area contributed by atoms with Crippen LogP contribution in [0.3, 0.4) is 0 Å². The molecule has 2 heterocycles. The maximum atomic E-state index is 13.3. The zero-order valence-corrected chi connectivity index (χ0v) is 34.0. The van der Waals surface area contributed by atoms with Crippen LogP contribution in [0, 0.1) is 5.41 Å². The number of aliphatic hydroxyl groups is 7. The summed E-state index contributed by atoms with van der Waals surface area (Å²) in [6, 6.07) is 0. The van der Waals surface area contributed by atoms with E-state index in [4.69, 9.17) is 23.7 Å². The van der Waals surface area contributed by atoms with Crippen molar-refractivity contribution in [3.05, 3.63) is 95.2 Å². The van der Waals surface area contributed by atoms with Gasteiger partial charge in [-0.15, -0.1) is 6.58 Å². The minimum atomic E-state index is -1.93. The first-order valence-electron chi connectivity index (χ1n) is 19.2. The van der Waals surface area contributed by atoms with Crippen LogP contribution >= 0.6 is 0 Å². The summed E-state index contributed by atoms with van der Waals surface area (Å²) in [5, 5.41) is 70.8. The molecule has 0 bridgehead atoms. The molecule has 11 atom stereocenters. The molecule has 0 saturated carbocycles. The highest BCUT2D eigenvalue weighted by Crippen LogP contribution is 2.41. The van der Waals surface area contributed by atoms with E-state index in [1.807, 2.05) is 88.5 Å². The fourth-order valence-electron chi connectivity index (χ4n) is 6.62. The van der Waals surface area contributed by atoms with Crippen molar-refractivity contribution in [1.29, 1.82) is 0 Å². The van der Waals surface area contributed by atoms with Crippen molar-refractivity contribution in [2.24, 2.45) is 5.41 Å². The molecule has 0 aromatic carbocycles. The predicted octanol–water partition coefficient (Wildman–Crippen LogP) is 2.24. The molecule has 3 rings (SSSR count). The number of Topliss-reactive ketones (excluding diaryl/α,β-unsaturated/α-hetero) is 1. The molecule has 2 aliphatic heterocycles. The molecule has 2 fully saturated rings. The highest BCUT2D eigenvalue weighted by molar-refractivity contribution is 6.01. The highest BCUT2D eigenvalue weighted by atomic mass is 16.7. The topological polar surface area (TPSA) is 239 Å². The van der Waals surface area contributed by atoms with Gasteiger partial charge >= 0.3 is 11.9 Å². The van der Waals surface area contributed by atoms with E-state index in [1.165, 1.54) is 5.57 Å². The molecule has 15 heteroatoms. The summed E-state index contributed by atoms with van der Waals surface area (Å²) in [4.78, 5) is 38.8. The standard InChI is InChI=1S/C43H60O15/c1-8-12-24(2)13-9-10-14-25(3)15-11-16-26(4)17-18-28-27(5)34(47)29(21-43(28,6)7)55-33(46)20-19-32(45)54-23-31-40(37(50)38(51)41(53)56-31)58-42-39(52)36(49)35(48)30(22-44)57-42/h8-11,13-18,29-31,35-42,44,48-53H,1,12,19-23H2,2-7H3. The van der Waals surface area contributed by atoms with E-state index < -0.39 is 111 Å². The molecule has 3 aliphatic rings. The molecule has 1 aliphatic carbocycles. The predicted molar refractivity (Wildman–Crippen MR) is 211 cm³/mol. The smallest absolute Gasteiger partial charge is 0.307 e. The van der Waals surface area contributed by atoms with E-state index >= 15 is 0 Å². The zero-order valence-electron chi connectivity index (χ0n) is 34.0. The Morgan fingerprint density at radius 3 is 2.14 bits per heavy atom. The van der Waals surface area contributed by atoms with Crippen molar-refractivity contribution in [3.8, 4) is 0 Å². The summed E-state index contributed by atoms with van der Waals surface area (Å²) in [5.41, 5.74) is 3.99. The van der Waals surface area contributed by atoms with Gasteiger partial charge in [0.2, 0.25) is 0 Å². The van der Waals surface area contributed by atoms with Crippen LogP contribution in [0.2, 0.25) is 0 Å². The van der Waals surface area contributed by atoms with Crippen molar-refractivity contribution in [2.75, 3.05) is 13.2 Å². The average molecular weight is 817 g/mol. The van der Waals surface area contributed by atoms with Crippen LogP contribution < -0.4 is 0 Å². The minimum absolute atomic E-state index is 0.215. The molecular formula is C43H60O15. The van der Waals surface area contributed by atoms with Gasteiger partial charge in [-0.05, 0) is 50.7 Å². The zero-order chi connectivity index (χ0) is 43.3. The minimum Gasteiger partial charge on any atom is -0.463 e. The lowest BCUT2D eigenvalue weighted by Crippen LogP contribution is -2.64. The van der Waals surface area contributed by atoms with Gasteiger partial charge in [0, 0.05) is 6.42 Å². The lowest BCUT2D eigenvalue weighted by atomic mass is 9.71. The van der Waals surface area contributed by atoms with Crippen LogP contribution in [0.25, 0.3) is 0 Å². The van der Waals surface area contributed by atoms with E-state index in [0.717, 1.165) is 23.1 Å². The number of carbonyl (C=O) groups excluding carboxylic acids is 3. The first kappa shape index (κ1) is 48.5. The van der Waals surface area contributed by atoms with E-state index in [0.29, 0.717) is 5.57 Å². The van der Waals surface area contributed by atoms with E-state index in [9.17, 15) is 50.1 Å². The number of aliphatic hydroxyl groups excluding tert-OH is 7. The summed E-state index contributed by atoms with van der Waals surface area (Å²) in [5.74, 6) is -2.07. The Morgan fingerprint density at radius 1 is 0.828 bits per heavy atom. The number of ether oxygens (including phenoxy) is 5. The number of hydrogen-bond donors (Lipinski definition) is 7. The van der Waals surface area contributed by atoms with Gasteiger partial charge in [-0.25, -0.2) is 0 Å². The van der Waals surface area contributed by atoms with Crippen molar-refractivity contribution in [3.63, 3.8) is 0 Å². The number of esters is 2. The van der Waals surface area contributed by atoms with Gasteiger partial charge in [-0.3, -0.25) is 14.4 Å². The average Bonchev–Trinajstić information content (AvgIpc) is 3.17. The molecule has 58 heavy (non-hydrogen) atoms. The Morgan fingerprint density at radius 2 is 1.47 bits per heavy atom. The Bertz CT molecular complexity index is 1660. The van der Waals surface area contributed by atoms with Crippen molar-refractivity contribution in [1.82, 2.24) is 0 Å². The molecule has 0 aromatic rings. The van der Waals surface area contributed by atoms with Crippen LogP contribution in [0.15, 0.2) is 95.2 Å². The lowest BCUT2D eigenvalue weighted by Gasteiger charge is -2.45. The molecule has 11 unspecified atom stereocenters. The summed E-state index contributed by atoms with van der Waals surface area (Å²) >= 11 is 0. The number of carbonyl (C=O) groups is 3. The molecular weight excluding hydrogens is 756 g/mol. The van der Waals surface area contributed by atoms with Crippen LogP contribution in [0.1, 0.15) is 67.2 Å². The third-order valence-electron chi connectivity index (χ3n) is 10.1. The SMILES string of the molecule is C=CCC(C)=CC=CC=C(C)C=CC=C(C)C=CC1=C(C)C(=O)C(OC(=O)CCC(=O)OCC2OC(O)C(O)C(O)C2OC2OC(CO)C(O)C(O)C2O)CC1(C)C. The number of allylic oxidation sites excluding steroid dienone is 14. The highest BCUT2D eigenvalue weighted by Gasteiger charge is 2.50. The Balaban J connectivity index is 1.55. The van der Waals surface area contributed by atoms with E-state index in [1.54, 1.807) is 6.92 Å². The molecule has 15 nitrogen and oxygen atoms in total. The largest absolute Gasteiger partial charge is 0.463 e. The van der Waals surface area contributed by atoms with Crippen LogP contribution in [-0.4, -0.2) is 134 Å². The first-order chi connectivity index (χ1) is 27.3. The molecule has 322 valence electrons. The second-order valence-corrected chi connectivity index (χ2v) is 15.4. The number of ketones is 1. The summed E-state index contributed by atoms with van der Waals surface area (Å²) < 4.78 is 26.8. The van der Waals surface area contributed by atoms with Crippen LogP contribution in [-0.2, 0) is 38.1 Å². The fourth-order valence-corrected chi connectivity index (χ4v) is 6.62. The van der Waals surface area contributed by atoms with Gasteiger partial charge in [-0.1, -0.05) is 91.3 Å². The lowest BCUT2D eigenvalue weighted by molar-refractivity contribution is -0.355. The van der Waals surface area contributed by atoms with E-state index in [-0.39, 0.29) is 12.2 Å². The fraction of sp³-hybridized carbons (Fsp3) is 0.558. The normalized spacial score (nSPS) is 32.7. The van der Waals surface area contributed by atoms with Crippen molar-refractivity contribution in [2.45, 2.75) is 135 Å². The summed E-state index contributed by atoms with van der Waals surface area (Å²) in [6.45, 7) is 13.9. The molecule has 0 radical (unpaired) electrons. The Kier molecular flexibility index (Phi) is 18.8. The van der Waals surface area contributed by atoms with Gasteiger partial charge in [0.1, 0.15) is 55.4 Å². The van der Waals surface area contributed by atoms with Crippen molar-refractivity contribution >= 4 is 17.7 Å². The van der Waals surface area contributed by atoms with E-state index in [2.05, 4.69) is 13.5 Å². The molecule has 0 amide bonds. The molecule has 2 saturated heterocycles. The van der Waals surface area contributed by atoms with Crippen LogP contribution in [0.4, 0.5) is 0 Å². The van der Waals surface area contributed by atoms with Gasteiger partial charge in [0.15, 0.2) is 24.5 Å². The van der Waals surface area contributed by atoms with Gasteiger partial charge in [0.05, 0.1) is 19.4 Å². The van der Waals surface area contributed by atoms with Gasteiger partial charge in [0.25, 0.3) is 0 Å². The number of rotatable bonds is 17. The quantitative estimate of drug-likeness (QED) is 0.0633. The van der Waals surface area contributed by atoms with Crippen molar-refractivity contribution < 1.29 is 73.8 Å². The second-order valence-electron chi connectivity index (χ2n) is 15.4. The third-order valence-corrected chi connectivity index (χ3v) is 10.1. The second kappa shape index (κ2) is 22.5. The molecule has 7 N–H and O–H groups in total. The summed E-state index contributed by atoms with van der Waals surface area (Å²) in [7, 11) is 0. The Labute approximate surface area is 339 Å². The first-order valence-corrected chi connectivity index (χ1v) is 19.2. The maximum absolute atomic E-state index is 13.3. The van der Waals surface area contributed by atoms with Crippen LogP contribution in [0.5, 0.6) is 0 Å². The number of hydrogen-bond acceptors (Lipinski definition) is 15. The third kappa shape index (κ3) is 13.6. The Hall–Kier alpha value is -3.87. The van der Waals surface area contributed by atoms with Gasteiger partial charge in [-0.2, -0.15) is 0 Å². The van der Waals surface area contributed by atoms with Gasteiger partial charge < -0.3 is 59.4 Å². The molecule has 0 aromatic heterocycles. The molecule has 0 spiro atoms. The maximum Gasteiger partial charge on any atom is 0.307 e.